The molecule has 34 heavy (non-hydrogen) atoms. The zero-order chi connectivity index (χ0) is 23.0. The van der Waals surface area contributed by atoms with Gasteiger partial charge in [0.1, 0.15) is 29.2 Å². The molecule has 0 aliphatic carbocycles. The van der Waals surface area contributed by atoms with Gasteiger partial charge in [-0.25, -0.2) is 18.7 Å². The number of amides is 1. The number of carbonyl (C=O) groups is 1. The van der Waals surface area contributed by atoms with Crippen LogP contribution >= 0.6 is 27.0 Å². The van der Waals surface area contributed by atoms with E-state index in [0.29, 0.717) is 41.4 Å². The van der Waals surface area contributed by atoms with Crippen molar-refractivity contribution in [3.63, 3.8) is 0 Å². The Kier molecular flexibility index (Phi) is 9.03. The number of nitrogens with zero attached hydrogens (tertiary/aromatic N) is 5. The van der Waals surface area contributed by atoms with E-state index < -0.39 is 23.8 Å². The second kappa shape index (κ2) is 11.2. The van der Waals surface area contributed by atoms with E-state index in [0.717, 1.165) is 11.6 Å². The van der Waals surface area contributed by atoms with E-state index in [9.17, 15) is 18.7 Å². The molecule has 2 N–H and O–H groups in total. The number of anilines is 2. The lowest BCUT2D eigenvalue weighted by Gasteiger charge is -2.36. The van der Waals surface area contributed by atoms with Gasteiger partial charge in [-0.05, 0) is 43.5 Å². The van der Waals surface area contributed by atoms with E-state index in [1.807, 2.05) is 6.20 Å². The van der Waals surface area contributed by atoms with Crippen LogP contribution in [0.1, 0.15) is 29.6 Å². The zero-order valence-electron chi connectivity index (χ0n) is 19.0. The number of rotatable bonds is 6. The van der Waals surface area contributed by atoms with Crippen LogP contribution in [-0.4, -0.2) is 50.0 Å². The summed E-state index contributed by atoms with van der Waals surface area (Å²) in [6.07, 6.45) is 3.83. The first-order chi connectivity index (χ1) is 15.2. The number of benzene rings is 1. The molecule has 0 radical (unpaired) electrons. The topological polar surface area (TPSA) is 96.2 Å². The van der Waals surface area contributed by atoms with Gasteiger partial charge in [-0.3, -0.25) is 9.48 Å². The van der Waals surface area contributed by atoms with E-state index in [1.54, 1.807) is 36.7 Å². The van der Waals surface area contributed by atoms with Gasteiger partial charge in [0.05, 0.1) is 24.5 Å². The number of aromatic nitrogens is 4. The summed E-state index contributed by atoms with van der Waals surface area (Å²) in [7, 11) is 1.73. The molecule has 8 nitrogen and oxygen atoms in total. The minimum atomic E-state index is -0.857. The fraction of sp³-hybridized carbons (Fsp3) is 0.364. The lowest BCUT2D eigenvalue weighted by atomic mass is 10.1. The van der Waals surface area contributed by atoms with Gasteiger partial charge in [0.2, 0.25) is 5.91 Å². The molecular formula is C22H28F2N6O2S2. The normalized spacial score (nSPS) is 15.6. The molecule has 0 fully saturated rings. The number of fused-ring (bicyclic) bond motifs is 1. The van der Waals surface area contributed by atoms with Crippen LogP contribution in [0.25, 0.3) is 0 Å². The lowest BCUT2D eigenvalue weighted by molar-refractivity contribution is -0.119. The highest BCUT2D eigenvalue weighted by Crippen LogP contribution is 2.32. The molecular weight excluding hydrogens is 482 g/mol. The third-order valence-corrected chi connectivity index (χ3v) is 5.43. The van der Waals surface area contributed by atoms with Crippen molar-refractivity contribution in [1.29, 1.82) is 0 Å². The highest BCUT2D eigenvalue weighted by atomic mass is 32.1. The van der Waals surface area contributed by atoms with Gasteiger partial charge in [-0.1, -0.05) is 0 Å². The summed E-state index contributed by atoms with van der Waals surface area (Å²) >= 11 is 0. The molecule has 12 heteroatoms. The fourth-order valence-corrected chi connectivity index (χ4v) is 3.94. The van der Waals surface area contributed by atoms with Crippen LogP contribution in [-0.2, 0) is 24.2 Å². The smallest absolute Gasteiger partial charge is 0.249 e. The number of aliphatic hydroxyl groups is 1. The average molecular weight is 511 g/mol. The van der Waals surface area contributed by atoms with Crippen molar-refractivity contribution in [2.45, 2.75) is 45.4 Å². The molecule has 1 aromatic carbocycles. The van der Waals surface area contributed by atoms with Gasteiger partial charge in [0.15, 0.2) is 5.82 Å². The minimum Gasteiger partial charge on any atom is -0.391 e. The number of likely N-dealkylation sites (N-methyl/N-ethyl adjacent to an activating group) is 1. The molecule has 4 rings (SSSR count). The molecule has 3 heterocycles. The summed E-state index contributed by atoms with van der Waals surface area (Å²) in [6.45, 7) is 3.63. The maximum absolute atomic E-state index is 13.4. The fourth-order valence-electron chi connectivity index (χ4n) is 3.94. The van der Waals surface area contributed by atoms with Crippen LogP contribution in [0.4, 0.5) is 20.3 Å². The zero-order valence-corrected chi connectivity index (χ0v) is 21.0. The molecule has 0 bridgehead atoms. The SMILES string of the molecule is Cc1nc(CCc2cnn(Cc3cc(F)cc(F)c3)c2)nc2c1NC(=O)[C@H]([C@H](C)O)N2C.S.S. The average Bonchev–Trinajstić information content (AvgIpc) is 3.13. The Morgan fingerprint density at radius 3 is 2.44 bits per heavy atom. The highest BCUT2D eigenvalue weighted by molar-refractivity contribution is 7.59. The van der Waals surface area contributed by atoms with Gasteiger partial charge in [-0.15, -0.1) is 0 Å². The van der Waals surface area contributed by atoms with Gasteiger partial charge in [0, 0.05) is 25.7 Å². The van der Waals surface area contributed by atoms with Crippen LogP contribution in [0.5, 0.6) is 0 Å². The van der Waals surface area contributed by atoms with Crippen molar-refractivity contribution in [1.82, 2.24) is 19.7 Å². The molecule has 1 amide bonds. The van der Waals surface area contributed by atoms with E-state index in [-0.39, 0.29) is 39.4 Å². The number of halogens is 2. The molecule has 3 aromatic rings. The summed E-state index contributed by atoms with van der Waals surface area (Å²) in [5.41, 5.74) is 2.62. The standard InChI is InChI=1S/C22H24F2N6O2.2H2S/c1-12-19-21(29(3)20(13(2)31)22(32)28-19)27-18(26-12)5-4-14-9-25-30(10-14)11-15-6-16(23)8-17(24)7-15;;/h6-10,13,20,31H,4-5,11H2,1-3H3,(H,28,32);2*1H2/t13-,20-;;/m0../s1. The Bertz CT molecular complexity index is 1150. The van der Waals surface area contributed by atoms with E-state index in [4.69, 9.17) is 0 Å². The number of carbonyl (C=O) groups excluding carboxylic acids is 1. The van der Waals surface area contributed by atoms with Crippen LogP contribution in [0.2, 0.25) is 0 Å². The van der Waals surface area contributed by atoms with Crippen LogP contribution in [0, 0.1) is 18.6 Å². The highest BCUT2D eigenvalue weighted by Gasteiger charge is 2.36. The van der Waals surface area contributed by atoms with Crippen LogP contribution in [0.15, 0.2) is 30.6 Å². The summed E-state index contributed by atoms with van der Waals surface area (Å²) in [4.78, 5) is 23.1. The number of hydrogen-bond donors (Lipinski definition) is 2. The lowest BCUT2D eigenvalue weighted by Crippen LogP contribution is -2.52. The van der Waals surface area contributed by atoms with Gasteiger partial charge >= 0.3 is 0 Å². The number of hydrogen-bond acceptors (Lipinski definition) is 6. The van der Waals surface area contributed by atoms with Gasteiger partial charge < -0.3 is 15.3 Å². The van der Waals surface area contributed by atoms with Crippen LogP contribution < -0.4 is 10.2 Å². The van der Waals surface area contributed by atoms with Crippen molar-refractivity contribution in [2.75, 3.05) is 17.3 Å². The molecule has 2 atom stereocenters. The van der Waals surface area contributed by atoms with Crippen molar-refractivity contribution >= 4 is 44.4 Å². The third-order valence-electron chi connectivity index (χ3n) is 5.43. The van der Waals surface area contributed by atoms with Crippen molar-refractivity contribution in [3.05, 3.63) is 64.9 Å². The second-order valence-electron chi connectivity index (χ2n) is 8.03. The molecule has 0 spiro atoms. The molecule has 1 aliphatic rings. The maximum atomic E-state index is 13.4. The van der Waals surface area contributed by atoms with E-state index in [1.165, 1.54) is 12.1 Å². The predicted molar refractivity (Wildman–Crippen MR) is 135 cm³/mol. The Balaban J connectivity index is 0.00000204. The molecule has 0 saturated heterocycles. The van der Waals surface area contributed by atoms with Crippen LogP contribution in [0.3, 0.4) is 0 Å². The third kappa shape index (κ3) is 5.86. The molecule has 2 aromatic heterocycles. The first-order valence-corrected chi connectivity index (χ1v) is 10.3. The summed E-state index contributed by atoms with van der Waals surface area (Å²) in [6, 6.07) is 2.68. The first-order valence-electron chi connectivity index (χ1n) is 10.3. The van der Waals surface area contributed by atoms with E-state index in [2.05, 4.69) is 20.4 Å². The largest absolute Gasteiger partial charge is 0.391 e. The monoisotopic (exact) mass is 510 g/mol. The van der Waals surface area contributed by atoms with Crippen molar-refractivity contribution < 1.29 is 18.7 Å². The Labute approximate surface area is 210 Å². The maximum Gasteiger partial charge on any atom is 0.249 e. The quantitative estimate of drug-likeness (QED) is 0.529. The molecule has 0 saturated carbocycles. The first kappa shape index (κ1) is 27.5. The van der Waals surface area contributed by atoms with Gasteiger partial charge in [-0.2, -0.15) is 32.1 Å². The van der Waals surface area contributed by atoms with Gasteiger partial charge in [0.25, 0.3) is 0 Å². The Morgan fingerprint density at radius 1 is 1.12 bits per heavy atom. The predicted octanol–water partition coefficient (Wildman–Crippen LogP) is 2.46. The minimum absolute atomic E-state index is 0. The second-order valence-corrected chi connectivity index (χ2v) is 8.03. The summed E-state index contributed by atoms with van der Waals surface area (Å²) in [5.74, 6) is -0.354. The Hall–Kier alpha value is -2.70. The van der Waals surface area contributed by atoms with Crippen molar-refractivity contribution in [3.8, 4) is 0 Å². The molecule has 0 unspecified atom stereocenters. The summed E-state index contributed by atoms with van der Waals surface area (Å²) < 4.78 is 28.4. The molecule has 1 aliphatic heterocycles. The van der Waals surface area contributed by atoms with E-state index >= 15 is 0 Å². The number of aliphatic hydroxyl groups excluding tert-OH is 1. The summed E-state index contributed by atoms with van der Waals surface area (Å²) in [5, 5.41) is 17.0. The molecule has 184 valence electrons. The van der Waals surface area contributed by atoms with Crippen molar-refractivity contribution in [2.24, 2.45) is 0 Å². The number of nitrogens with one attached hydrogen (secondary N) is 1. The Morgan fingerprint density at radius 2 is 1.79 bits per heavy atom. The number of aryl methyl sites for hydroxylation is 3.